The molecule has 6 nitrogen and oxygen atoms in total. The van der Waals surface area contributed by atoms with E-state index in [1.807, 2.05) is 54.6 Å². The molecule has 0 aliphatic heterocycles. The van der Waals surface area contributed by atoms with Crippen LogP contribution in [0.5, 0.6) is 11.5 Å². The Hall–Kier alpha value is -2.93. The molecule has 0 radical (unpaired) electrons. The Morgan fingerprint density at radius 2 is 1.93 bits per heavy atom. The predicted octanol–water partition coefficient (Wildman–Crippen LogP) is 4.00. The highest BCUT2D eigenvalue weighted by Crippen LogP contribution is 2.24. The summed E-state index contributed by atoms with van der Waals surface area (Å²) in [6.07, 6.45) is 1.71. The van der Waals surface area contributed by atoms with Crippen LogP contribution >= 0.6 is 12.2 Å². The molecule has 0 bridgehead atoms. The van der Waals surface area contributed by atoms with E-state index in [2.05, 4.69) is 22.4 Å². The minimum Gasteiger partial charge on any atom is -0.457 e. The first-order valence-corrected chi connectivity index (χ1v) is 9.29. The van der Waals surface area contributed by atoms with E-state index in [1.54, 1.807) is 4.57 Å². The largest absolute Gasteiger partial charge is 0.457 e. The Balaban J connectivity index is 1.64. The summed E-state index contributed by atoms with van der Waals surface area (Å²) in [6.45, 7) is 2.58. The highest BCUT2D eigenvalue weighted by Gasteiger charge is 2.11. The summed E-state index contributed by atoms with van der Waals surface area (Å²) >= 11 is 5.22. The van der Waals surface area contributed by atoms with Gasteiger partial charge in [0.15, 0.2) is 4.77 Å². The Bertz CT molecular complexity index is 950. The van der Waals surface area contributed by atoms with E-state index in [1.165, 1.54) is 0 Å². The maximum atomic E-state index is 12.4. The number of nitrogens with one attached hydrogen (secondary N) is 2. The molecule has 27 heavy (non-hydrogen) atoms. The standard InChI is InChI=1S/C20H22N4O2S/c1-2-8-18-22-23-20(27)24(18)14-19(25)21-13-15-9-6-7-12-17(15)26-16-10-4-3-5-11-16/h3-7,9-12H,2,8,13-14H2,1H3,(H,21,25)(H,23,27). The van der Waals surface area contributed by atoms with Gasteiger partial charge in [-0.05, 0) is 36.8 Å². The van der Waals surface area contributed by atoms with Gasteiger partial charge in [0.25, 0.3) is 0 Å². The van der Waals surface area contributed by atoms with Crippen molar-refractivity contribution >= 4 is 18.1 Å². The van der Waals surface area contributed by atoms with E-state index in [0.717, 1.165) is 35.7 Å². The molecule has 0 aliphatic carbocycles. The van der Waals surface area contributed by atoms with Gasteiger partial charge in [0.05, 0.1) is 0 Å². The topological polar surface area (TPSA) is 71.9 Å². The van der Waals surface area contributed by atoms with Crippen LogP contribution < -0.4 is 10.1 Å². The number of para-hydroxylation sites is 2. The quantitative estimate of drug-likeness (QED) is 0.578. The Kier molecular flexibility index (Phi) is 6.38. The number of ether oxygens (including phenoxy) is 1. The molecule has 0 fully saturated rings. The third-order valence-electron chi connectivity index (χ3n) is 4.03. The molecule has 0 atom stereocenters. The summed E-state index contributed by atoms with van der Waals surface area (Å²) in [5.41, 5.74) is 0.902. The van der Waals surface area contributed by atoms with Gasteiger partial charge in [-0.15, -0.1) is 0 Å². The van der Waals surface area contributed by atoms with Gasteiger partial charge in [-0.25, -0.2) is 0 Å². The maximum absolute atomic E-state index is 12.4. The third kappa shape index (κ3) is 5.04. The van der Waals surface area contributed by atoms with Crippen LogP contribution in [0.2, 0.25) is 0 Å². The molecule has 0 aliphatic rings. The van der Waals surface area contributed by atoms with Crippen LogP contribution in [0.4, 0.5) is 0 Å². The SMILES string of the molecule is CCCc1n[nH]c(=S)n1CC(=O)NCc1ccccc1Oc1ccccc1. The van der Waals surface area contributed by atoms with Crippen LogP contribution in [0.3, 0.4) is 0 Å². The fraction of sp³-hybridized carbons (Fsp3) is 0.250. The van der Waals surface area contributed by atoms with Gasteiger partial charge in [0, 0.05) is 18.5 Å². The molecule has 1 amide bonds. The van der Waals surface area contributed by atoms with Crippen LogP contribution in [0.25, 0.3) is 0 Å². The summed E-state index contributed by atoms with van der Waals surface area (Å²) in [7, 11) is 0. The second kappa shape index (κ2) is 9.14. The zero-order chi connectivity index (χ0) is 19.1. The molecule has 2 N–H and O–H groups in total. The molecule has 1 aromatic heterocycles. The number of amides is 1. The fourth-order valence-corrected chi connectivity index (χ4v) is 2.90. The molecule has 3 aromatic rings. The molecule has 0 unspecified atom stereocenters. The molecular weight excluding hydrogens is 360 g/mol. The van der Waals surface area contributed by atoms with Crippen LogP contribution in [-0.2, 0) is 24.3 Å². The summed E-state index contributed by atoms with van der Waals surface area (Å²) in [6, 6.07) is 17.2. The zero-order valence-electron chi connectivity index (χ0n) is 15.1. The summed E-state index contributed by atoms with van der Waals surface area (Å²) < 4.78 is 8.13. The van der Waals surface area contributed by atoms with E-state index in [4.69, 9.17) is 17.0 Å². The molecule has 140 valence electrons. The van der Waals surface area contributed by atoms with Crippen molar-refractivity contribution in [3.63, 3.8) is 0 Å². The van der Waals surface area contributed by atoms with Crippen LogP contribution in [0.15, 0.2) is 54.6 Å². The first kappa shape index (κ1) is 18.8. The number of rotatable bonds is 8. The molecule has 0 saturated heterocycles. The lowest BCUT2D eigenvalue weighted by molar-refractivity contribution is -0.121. The Morgan fingerprint density at radius 3 is 2.70 bits per heavy atom. The molecule has 3 rings (SSSR count). The van der Waals surface area contributed by atoms with Gasteiger partial charge in [-0.2, -0.15) is 5.10 Å². The smallest absolute Gasteiger partial charge is 0.240 e. The first-order valence-electron chi connectivity index (χ1n) is 8.89. The average Bonchev–Trinajstić information content (AvgIpc) is 3.02. The normalized spacial score (nSPS) is 10.6. The molecule has 1 heterocycles. The van der Waals surface area contributed by atoms with Crippen molar-refractivity contribution in [2.24, 2.45) is 0 Å². The van der Waals surface area contributed by atoms with E-state index in [9.17, 15) is 4.79 Å². The van der Waals surface area contributed by atoms with Crippen LogP contribution in [-0.4, -0.2) is 20.7 Å². The number of carbonyl (C=O) groups excluding carboxylic acids is 1. The summed E-state index contributed by atoms with van der Waals surface area (Å²) in [4.78, 5) is 12.4. The maximum Gasteiger partial charge on any atom is 0.240 e. The van der Waals surface area contributed by atoms with Crippen LogP contribution in [0.1, 0.15) is 24.7 Å². The Morgan fingerprint density at radius 1 is 1.19 bits per heavy atom. The highest BCUT2D eigenvalue weighted by molar-refractivity contribution is 7.71. The molecular formula is C20H22N4O2S. The van der Waals surface area contributed by atoms with E-state index < -0.39 is 0 Å². The first-order chi connectivity index (χ1) is 13.2. The molecule has 0 spiro atoms. The van der Waals surface area contributed by atoms with Gasteiger partial charge in [0.1, 0.15) is 23.9 Å². The van der Waals surface area contributed by atoms with Gasteiger partial charge < -0.3 is 10.1 Å². The van der Waals surface area contributed by atoms with Crippen molar-refractivity contribution in [1.82, 2.24) is 20.1 Å². The number of aryl methyl sites for hydroxylation is 1. The number of hydrogen-bond acceptors (Lipinski definition) is 4. The fourth-order valence-electron chi connectivity index (χ4n) is 2.69. The zero-order valence-corrected chi connectivity index (χ0v) is 16.0. The van der Waals surface area contributed by atoms with E-state index in [-0.39, 0.29) is 12.5 Å². The average molecular weight is 382 g/mol. The minimum atomic E-state index is -0.126. The van der Waals surface area contributed by atoms with E-state index >= 15 is 0 Å². The number of benzene rings is 2. The highest BCUT2D eigenvalue weighted by atomic mass is 32.1. The lowest BCUT2D eigenvalue weighted by Crippen LogP contribution is -2.28. The number of carbonyl (C=O) groups is 1. The second-order valence-corrected chi connectivity index (χ2v) is 6.47. The molecule has 7 heteroatoms. The van der Waals surface area contributed by atoms with Crippen molar-refractivity contribution in [3.05, 3.63) is 70.8 Å². The lowest BCUT2D eigenvalue weighted by atomic mass is 10.2. The monoisotopic (exact) mass is 382 g/mol. The second-order valence-electron chi connectivity index (χ2n) is 6.08. The number of hydrogen-bond donors (Lipinski definition) is 2. The number of aromatic nitrogens is 3. The minimum absolute atomic E-state index is 0.126. The van der Waals surface area contributed by atoms with Crippen molar-refractivity contribution < 1.29 is 9.53 Å². The number of aromatic amines is 1. The van der Waals surface area contributed by atoms with Crippen molar-refractivity contribution in [2.75, 3.05) is 0 Å². The lowest BCUT2D eigenvalue weighted by Gasteiger charge is -2.12. The van der Waals surface area contributed by atoms with Gasteiger partial charge in [-0.3, -0.25) is 14.5 Å². The van der Waals surface area contributed by atoms with Crippen molar-refractivity contribution in [1.29, 1.82) is 0 Å². The van der Waals surface area contributed by atoms with Crippen molar-refractivity contribution in [2.45, 2.75) is 32.9 Å². The summed E-state index contributed by atoms with van der Waals surface area (Å²) in [5.74, 6) is 2.14. The van der Waals surface area contributed by atoms with Gasteiger partial charge in [0.2, 0.25) is 5.91 Å². The Labute approximate surface area is 163 Å². The molecule has 2 aromatic carbocycles. The summed E-state index contributed by atoms with van der Waals surface area (Å²) in [5, 5.41) is 9.87. The molecule has 0 saturated carbocycles. The number of H-pyrrole nitrogens is 1. The van der Waals surface area contributed by atoms with Crippen LogP contribution in [0, 0.1) is 4.77 Å². The third-order valence-corrected chi connectivity index (χ3v) is 4.34. The van der Waals surface area contributed by atoms with Gasteiger partial charge in [-0.1, -0.05) is 43.3 Å². The number of nitrogens with zero attached hydrogens (tertiary/aromatic N) is 2. The van der Waals surface area contributed by atoms with Crippen molar-refractivity contribution in [3.8, 4) is 11.5 Å². The predicted molar refractivity (Wildman–Crippen MR) is 106 cm³/mol. The van der Waals surface area contributed by atoms with Gasteiger partial charge >= 0.3 is 0 Å². The van der Waals surface area contributed by atoms with E-state index in [0.29, 0.717) is 11.3 Å².